The Morgan fingerprint density at radius 3 is 2.31 bits per heavy atom. The van der Waals surface area contributed by atoms with Crippen LogP contribution in [0.25, 0.3) is 0 Å². The first-order chi connectivity index (χ1) is 5.79. The van der Waals surface area contributed by atoms with E-state index >= 15 is 0 Å². The van der Waals surface area contributed by atoms with Gasteiger partial charge in [0.2, 0.25) is 0 Å². The molecule has 0 atom stereocenters. The molecule has 0 aliphatic heterocycles. The van der Waals surface area contributed by atoms with Gasteiger partial charge >= 0.3 is 58.7 Å². The molecule has 13 heavy (non-hydrogen) atoms. The van der Waals surface area contributed by atoms with Crippen LogP contribution in [0.2, 0.25) is 0 Å². The van der Waals surface area contributed by atoms with Crippen molar-refractivity contribution in [2.75, 3.05) is 6.79 Å². The number of hydrogen-bond acceptors (Lipinski definition) is 4. The van der Waals surface area contributed by atoms with Gasteiger partial charge in [-0.3, -0.25) is 0 Å². The second kappa shape index (κ2) is 7.96. The fraction of sp³-hybridized carbons (Fsp3) is 0.143. The van der Waals surface area contributed by atoms with E-state index < -0.39 is 7.32 Å². The molecule has 0 spiro atoms. The summed E-state index contributed by atoms with van der Waals surface area (Å²) in [4.78, 5) is 0. The summed E-state index contributed by atoms with van der Waals surface area (Å²) in [6, 6.07) is 8.96. The van der Waals surface area contributed by atoms with E-state index in [-0.39, 0.29) is 58.2 Å². The topological polar surface area (TPSA) is 58.9 Å². The predicted molar refractivity (Wildman–Crippen MR) is 50.4 cm³/mol. The van der Waals surface area contributed by atoms with Gasteiger partial charge in [-0.15, -0.1) is 0 Å². The van der Waals surface area contributed by atoms with Gasteiger partial charge in [0.15, 0.2) is 6.79 Å². The van der Waals surface area contributed by atoms with Gasteiger partial charge in [-0.2, -0.15) is 0 Å². The zero-order chi connectivity index (χ0) is 8.81. The normalized spacial score (nSPS) is 8.77. The molecule has 66 valence electrons. The maximum atomic E-state index is 8.28. The number of para-hydroxylation sites is 1. The Kier molecular flexibility index (Phi) is 8.32. The van der Waals surface area contributed by atoms with Gasteiger partial charge in [0.05, 0.1) is 0 Å². The second-order valence-corrected chi connectivity index (χ2v) is 2.07. The number of benzene rings is 1. The first-order valence-corrected chi connectivity index (χ1v) is 3.44. The molecular formula is C7H10BKO4. The van der Waals surface area contributed by atoms with E-state index in [9.17, 15) is 0 Å². The first kappa shape index (κ1) is 13.6. The van der Waals surface area contributed by atoms with Gasteiger partial charge in [0.25, 0.3) is 0 Å². The van der Waals surface area contributed by atoms with E-state index in [1.807, 2.05) is 18.2 Å². The summed E-state index contributed by atoms with van der Waals surface area (Å²) in [6.07, 6.45) is 0. The quantitative estimate of drug-likeness (QED) is 0.510. The Morgan fingerprint density at radius 1 is 1.15 bits per heavy atom. The third-order valence-electron chi connectivity index (χ3n) is 1.19. The van der Waals surface area contributed by atoms with Gasteiger partial charge in [-0.05, 0) is 12.1 Å². The fourth-order valence-corrected chi connectivity index (χ4v) is 0.680. The van der Waals surface area contributed by atoms with Crippen molar-refractivity contribution in [2.24, 2.45) is 0 Å². The molecule has 0 unspecified atom stereocenters. The molecule has 1 aromatic rings. The van der Waals surface area contributed by atoms with E-state index in [1.165, 1.54) is 0 Å². The molecule has 2 N–H and O–H groups in total. The Labute approximate surface area is 119 Å². The molecule has 0 aromatic heterocycles. The third-order valence-corrected chi connectivity index (χ3v) is 1.19. The maximum absolute atomic E-state index is 8.28. The third kappa shape index (κ3) is 6.64. The molecule has 6 heteroatoms. The van der Waals surface area contributed by atoms with Crippen LogP contribution in [0, 0.1) is 0 Å². The Balaban J connectivity index is 0.00000144. The summed E-state index contributed by atoms with van der Waals surface area (Å²) in [5.74, 6) is 0.623. The van der Waals surface area contributed by atoms with Crippen molar-refractivity contribution in [1.29, 1.82) is 0 Å². The van der Waals surface area contributed by atoms with Crippen LogP contribution in [-0.2, 0) is 4.65 Å². The zero-order valence-corrected chi connectivity index (χ0v) is 6.38. The molecule has 4 nitrogen and oxygen atoms in total. The number of rotatable bonds is 4. The summed E-state index contributed by atoms with van der Waals surface area (Å²) in [7, 11) is -1.78. The molecule has 0 radical (unpaired) electrons. The van der Waals surface area contributed by atoms with Crippen molar-refractivity contribution in [3.8, 4) is 5.75 Å². The van der Waals surface area contributed by atoms with Gasteiger partial charge in [-0.1, -0.05) is 18.2 Å². The molecule has 0 saturated heterocycles. The molecule has 0 aliphatic rings. The van der Waals surface area contributed by atoms with E-state index in [4.69, 9.17) is 14.8 Å². The average molecular weight is 208 g/mol. The monoisotopic (exact) mass is 208 g/mol. The van der Waals surface area contributed by atoms with Crippen LogP contribution >= 0.6 is 0 Å². The van der Waals surface area contributed by atoms with Crippen LogP contribution in [0.4, 0.5) is 0 Å². The average Bonchev–Trinajstić information content (AvgIpc) is 2.05. The van der Waals surface area contributed by atoms with Crippen LogP contribution in [0.1, 0.15) is 0 Å². The minimum absolute atomic E-state index is 0. The van der Waals surface area contributed by atoms with E-state index in [0.717, 1.165) is 0 Å². The van der Waals surface area contributed by atoms with Crippen molar-refractivity contribution >= 4 is 58.7 Å². The van der Waals surface area contributed by atoms with Crippen LogP contribution in [0.15, 0.2) is 30.3 Å². The molecule has 0 aliphatic carbocycles. The van der Waals surface area contributed by atoms with Crippen LogP contribution < -0.4 is 4.74 Å². The molecule has 0 heterocycles. The molecule has 0 amide bonds. The molecular weight excluding hydrogens is 198 g/mol. The van der Waals surface area contributed by atoms with Crippen molar-refractivity contribution in [3.05, 3.63) is 30.3 Å². The summed E-state index contributed by atoms with van der Waals surface area (Å²) >= 11 is 0. The molecule has 1 rings (SSSR count). The number of hydrogen-bond donors (Lipinski definition) is 2. The van der Waals surface area contributed by atoms with Crippen molar-refractivity contribution < 1.29 is 19.4 Å². The standard InChI is InChI=1S/C7H9BO4.K.H/c9-8(10)12-6-11-7-4-2-1-3-5-7;;/h1-5,9-10H,6H2;;. The summed E-state index contributed by atoms with van der Waals surface area (Å²) in [5.41, 5.74) is 0. The first-order valence-electron chi connectivity index (χ1n) is 3.44. The number of ether oxygens (including phenoxy) is 1. The zero-order valence-electron chi connectivity index (χ0n) is 6.38. The summed E-state index contributed by atoms with van der Waals surface area (Å²) in [5, 5.41) is 16.6. The Hall–Kier alpha value is 0.601. The molecule has 0 bridgehead atoms. The summed E-state index contributed by atoms with van der Waals surface area (Å²) in [6.45, 7) is -0.179. The molecule has 0 fully saturated rings. The van der Waals surface area contributed by atoms with Crippen molar-refractivity contribution in [2.45, 2.75) is 0 Å². The van der Waals surface area contributed by atoms with Gasteiger partial charge in [0.1, 0.15) is 5.75 Å². The SMILES string of the molecule is OB(O)OCOc1ccccc1.[KH]. The van der Waals surface area contributed by atoms with Crippen molar-refractivity contribution in [3.63, 3.8) is 0 Å². The van der Waals surface area contributed by atoms with E-state index in [2.05, 4.69) is 4.65 Å². The van der Waals surface area contributed by atoms with Crippen LogP contribution in [0.3, 0.4) is 0 Å². The van der Waals surface area contributed by atoms with Crippen LogP contribution in [0.5, 0.6) is 5.75 Å². The predicted octanol–water partition coefficient (Wildman–Crippen LogP) is -0.639. The Bertz CT molecular complexity index is 219. The minimum atomic E-state index is -1.78. The van der Waals surface area contributed by atoms with Gasteiger partial charge in [-0.25, -0.2) is 0 Å². The van der Waals surface area contributed by atoms with E-state index in [1.54, 1.807) is 12.1 Å². The van der Waals surface area contributed by atoms with Crippen LogP contribution in [-0.4, -0.2) is 75.5 Å². The van der Waals surface area contributed by atoms with Gasteiger partial charge < -0.3 is 19.4 Å². The summed E-state index contributed by atoms with van der Waals surface area (Å²) < 4.78 is 9.31. The molecule has 0 saturated carbocycles. The molecule has 1 aromatic carbocycles. The van der Waals surface area contributed by atoms with Gasteiger partial charge in [0, 0.05) is 0 Å². The van der Waals surface area contributed by atoms with E-state index in [0.29, 0.717) is 5.75 Å². The Morgan fingerprint density at radius 2 is 1.77 bits per heavy atom. The fourth-order valence-electron chi connectivity index (χ4n) is 0.680. The second-order valence-electron chi connectivity index (χ2n) is 2.07. The van der Waals surface area contributed by atoms with Crippen molar-refractivity contribution in [1.82, 2.24) is 0 Å².